The molecule has 1 heterocycles. The van der Waals surface area contributed by atoms with E-state index in [4.69, 9.17) is 16.3 Å². The Morgan fingerprint density at radius 1 is 1.45 bits per heavy atom. The minimum Gasteiger partial charge on any atom is -0.465 e. The third-order valence-corrected chi connectivity index (χ3v) is 5.73. The number of amidine groups is 1. The maximum absolute atomic E-state index is 12.2. The molecule has 0 aliphatic carbocycles. The average Bonchev–Trinajstić information content (AvgIpc) is 2.45. The first-order chi connectivity index (χ1) is 10.4. The number of ether oxygens (including phenoxy) is 1. The summed E-state index contributed by atoms with van der Waals surface area (Å²) >= 11 is 6.85. The van der Waals surface area contributed by atoms with E-state index in [-0.39, 0.29) is 22.6 Å². The summed E-state index contributed by atoms with van der Waals surface area (Å²) in [4.78, 5) is 11.8. The molecule has 9 heteroatoms. The van der Waals surface area contributed by atoms with Crippen molar-refractivity contribution in [2.45, 2.75) is 30.4 Å². The number of esters is 1. The molecule has 2 rings (SSSR count). The first-order valence-electron chi connectivity index (χ1n) is 6.62. The molecule has 0 aromatic heterocycles. The summed E-state index contributed by atoms with van der Waals surface area (Å²) in [7, 11) is -3.84. The summed E-state index contributed by atoms with van der Waals surface area (Å²) < 4.78 is 33.0. The molecule has 0 saturated heterocycles. The van der Waals surface area contributed by atoms with Gasteiger partial charge in [-0.05, 0) is 31.5 Å². The molecule has 0 saturated carbocycles. The van der Waals surface area contributed by atoms with E-state index in [0.29, 0.717) is 17.1 Å². The van der Waals surface area contributed by atoms with Gasteiger partial charge < -0.3 is 10.1 Å². The Kier molecular flexibility index (Phi) is 5.36. The molecule has 0 spiro atoms. The highest BCUT2D eigenvalue weighted by atomic mass is 35.5. The van der Waals surface area contributed by atoms with Crippen LogP contribution in [0.15, 0.2) is 27.5 Å². The number of benzene rings is 1. The Bertz CT molecular complexity index is 719. The molecular weight excluding hydrogens is 348 g/mol. The van der Waals surface area contributed by atoms with Crippen LogP contribution in [0.5, 0.6) is 0 Å². The number of anilines is 1. The minimum atomic E-state index is -3.84. The molecule has 1 aliphatic heterocycles. The molecule has 120 valence electrons. The van der Waals surface area contributed by atoms with E-state index >= 15 is 0 Å². The lowest BCUT2D eigenvalue weighted by atomic mass is 10.3. The fourth-order valence-corrected chi connectivity index (χ4v) is 4.34. The standard InChI is InChI=1S/C13H15ClN2O4S2/c1-3-10(12(17)20-4-2)21-13-15-9-6-5-8(14)7-11(9)22(18,19)16-13/h5-7,10H,3-4H2,1-2H3,(H,15,16)/t10-/m0/s1. The third-order valence-electron chi connectivity index (χ3n) is 2.84. The fraction of sp³-hybridized carbons (Fsp3) is 0.385. The number of rotatable bonds is 4. The molecule has 1 aliphatic rings. The number of carbonyl (C=O) groups is 1. The first kappa shape index (κ1) is 17.1. The largest absolute Gasteiger partial charge is 0.465 e. The number of halogens is 1. The van der Waals surface area contributed by atoms with E-state index in [0.717, 1.165) is 11.8 Å². The van der Waals surface area contributed by atoms with Crippen molar-refractivity contribution < 1.29 is 17.9 Å². The zero-order valence-electron chi connectivity index (χ0n) is 12.0. The number of carbonyl (C=O) groups excluding carboxylic acids is 1. The van der Waals surface area contributed by atoms with Crippen LogP contribution in [0.25, 0.3) is 0 Å². The van der Waals surface area contributed by atoms with Crippen molar-refractivity contribution in [3.63, 3.8) is 0 Å². The van der Waals surface area contributed by atoms with Crippen LogP contribution in [-0.2, 0) is 19.6 Å². The molecule has 0 amide bonds. The van der Waals surface area contributed by atoms with Crippen molar-refractivity contribution in [2.24, 2.45) is 4.40 Å². The Balaban J connectivity index is 2.26. The van der Waals surface area contributed by atoms with E-state index < -0.39 is 15.3 Å². The zero-order chi connectivity index (χ0) is 16.3. The lowest BCUT2D eigenvalue weighted by molar-refractivity contribution is -0.142. The first-order valence-corrected chi connectivity index (χ1v) is 9.32. The van der Waals surface area contributed by atoms with E-state index in [2.05, 4.69) is 9.71 Å². The highest BCUT2D eigenvalue weighted by Crippen LogP contribution is 2.33. The van der Waals surface area contributed by atoms with E-state index in [1.807, 2.05) is 6.92 Å². The zero-order valence-corrected chi connectivity index (χ0v) is 14.4. The van der Waals surface area contributed by atoms with Crippen LogP contribution >= 0.6 is 23.4 Å². The minimum absolute atomic E-state index is 0.0218. The van der Waals surface area contributed by atoms with E-state index in [1.165, 1.54) is 6.07 Å². The lowest BCUT2D eigenvalue weighted by Gasteiger charge is -2.20. The predicted molar refractivity (Wildman–Crippen MR) is 88.0 cm³/mol. The second-order valence-electron chi connectivity index (χ2n) is 4.40. The monoisotopic (exact) mass is 362 g/mol. The second-order valence-corrected chi connectivity index (χ2v) is 7.60. The molecule has 22 heavy (non-hydrogen) atoms. The summed E-state index contributed by atoms with van der Waals surface area (Å²) in [5, 5.41) is 2.85. The summed E-state index contributed by atoms with van der Waals surface area (Å²) in [5.74, 6) is -0.390. The SMILES string of the molecule is CCOC(=O)[C@H](CC)SC1=NS(=O)(=O)c2cc(Cl)ccc2N1. The van der Waals surface area contributed by atoms with Crippen LogP contribution < -0.4 is 5.32 Å². The van der Waals surface area contributed by atoms with E-state index in [9.17, 15) is 13.2 Å². The van der Waals surface area contributed by atoms with Crippen LogP contribution in [0.2, 0.25) is 5.02 Å². The van der Waals surface area contributed by atoms with Crippen molar-refractivity contribution in [2.75, 3.05) is 11.9 Å². The van der Waals surface area contributed by atoms with Gasteiger partial charge in [0.2, 0.25) is 0 Å². The smallest absolute Gasteiger partial charge is 0.319 e. The van der Waals surface area contributed by atoms with Crippen molar-refractivity contribution in [1.82, 2.24) is 0 Å². The van der Waals surface area contributed by atoms with E-state index in [1.54, 1.807) is 19.1 Å². The second kappa shape index (κ2) is 6.89. The van der Waals surface area contributed by atoms with Crippen molar-refractivity contribution in [3.05, 3.63) is 23.2 Å². The van der Waals surface area contributed by atoms with Crippen molar-refractivity contribution in [1.29, 1.82) is 0 Å². The number of sulfonamides is 1. The van der Waals surface area contributed by atoms with Gasteiger partial charge in [-0.3, -0.25) is 4.79 Å². The van der Waals surface area contributed by atoms with Gasteiger partial charge in [0.05, 0.1) is 12.3 Å². The van der Waals surface area contributed by atoms with Crippen LogP contribution in [0, 0.1) is 0 Å². The molecule has 1 N–H and O–H groups in total. The molecule has 6 nitrogen and oxygen atoms in total. The Hall–Kier alpha value is -1.25. The molecule has 0 radical (unpaired) electrons. The summed E-state index contributed by atoms with van der Waals surface area (Å²) in [5.41, 5.74) is 0.389. The highest BCUT2D eigenvalue weighted by Gasteiger charge is 2.29. The molecule has 0 fully saturated rings. The number of hydrogen-bond acceptors (Lipinski definition) is 6. The predicted octanol–water partition coefficient (Wildman–Crippen LogP) is 2.89. The fourth-order valence-electron chi connectivity index (χ4n) is 1.83. The van der Waals surface area contributed by atoms with Crippen molar-refractivity contribution in [3.8, 4) is 0 Å². The van der Waals surface area contributed by atoms with Gasteiger partial charge in [0, 0.05) is 5.02 Å². The van der Waals surface area contributed by atoms with Gasteiger partial charge in [-0.1, -0.05) is 30.3 Å². The van der Waals surface area contributed by atoms with Crippen LogP contribution in [0.3, 0.4) is 0 Å². The van der Waals surface area contributed by atoms with Gasteiger partial charge in [-0.2, -0.15) is 8.42 Å². The maximum atomic E-state index is 12.2. The molecule has 1 aromatic rings. The lowest BCUT2D eigenvalue weighted by Crippen LogP contribution is -2.26. The number of nitrogens with one attached hydrogen (secondary N) is 1. The molecule has 0 unspecified atom stereocenters. The van der Waals surface area contributed by atoms with Gasteiger partial charge in [-0.15, -0.1) is 4.40 Å². The summed E-state index contributed by atoms with van der Waals surface area (Å²) in [6.07, 6.45) is 0.498. The summed E-state index contributed by atoms with van der Waals surface area (Å²) in [6.45, 7) is 3.81. The quantitative estimate of drug-likeness (QED) is 0.829. The van der Waals surface area contributed by atoms with Gasteiger partial charge >= 0.3 is 5.97 Å². The molecular formula is C13H15ClN2O4S2. The topological polar surface area (TPSA) is 84.8 Å². The highest BCUT2D eigenvalue weighted by molar-refractivity contribution is 8.15. The Morgan fingerprint density at radius 3 is 2.82 bits per heavy atom. The van der Waals surface area contributed by atoms with Crippen molar-refractivity contribution >= 4 is 50.2 Å². The third kappa shape index (κ3) is 3.74. The van der Waals surface area contributed by atoms with Gasteiger partial charge in [0.1, 0.15) is 10.1 Å². The van der Waals surface area contributed by atoms with Crippen LogP contribution in [-0.4, -0.2) is 31.4 Å². The molecule has 1 aromatic carbocycles. The Morgan fingerprint density at radius 2 is 2.18 bits per heavy atom. The number of nitrogens with zero attached hydrogens (tertiary/aromatic N) is 1. The van der Waals surface area contributed by atoms with Crippen LogP contribution in [0.1, 0.15) is 20.3 Å². The number of hydrogen-bond donors (Lipinski definition) is 1. The number of fused-ring (bicyclic) bond motifs is 1. The van der Waals surface area contributed by atoms with Gasteiger partial charge in [0.25, 0.3) is 10.0 Å². The average molecular weight is 363 g/mol. The summed E-state index contributed by atoms with van der Waals surface area (Å²) in [6, 6.07) is 4.49. The Labute approximate surface area is 138 Å². The van der Waals surface area contributed by atoms with Crippen LogP contribution in [0.4, 0.5) is 5.69 Å². The number of thioether (sulfide) groups is 1. The maximum Gasteiger partial charge on any atom is 0.319 e. The van der Waals surface area contributed by atoms with Gasteiger partial charge in [0.15, 0.2) is 5.17 Å². The normalized spacial score (nSPS) is 17.0. The molecule has 1 atom stereocenters. The van der Waals surface area contributed by atoms with Gasteiger partial charge in [-0.25, -0.2) is 0 Å². The molecule has 0 bridgehead atoms.